The average Bonchev–Trinajstić information content (AvgIpc) is 3.45. The molecule has 0 amide bonds. The Bertz CT molecular complexity index is 1210. The number of rotatable bonds is 4. The van der Waals surface area contributed by atoms with Crippen molar-refractivity contribution >= 4 is 29.0 Å². The van der Waals surface area contributed by atoms with Crippen LogP contribution in [-0.2, 0) is 14.3 Å². The van der Waals surface area contributed by atoms with Crippen LogP contribution in [0.2, 0.25) is 0 Å². The molecule has 4 aliphatic rings. The minimum absolute atomic E-state index is 0.0577. The van der Waals surface area contributed by atoms with E-state index in [4.69, 9.17) is 26.1 Å². The molecule has 1 N–H and O–H groups in total. The van der Waals surface area contributed by atoms with Gasteiger partial charge in [-0.25, -0.2) is 18.0 Å². The summed E-state index contributed by atoms with van der Waals surface area (Å²) in [7, 11) is 0. The molecular weight excluding hydrogens is 509 g/mol. The molecule has 200 valence electrons. The summed E-state index contributed by atoms with van der Waals surface area (Å²) < 4.78 is 62.8. The van der Waals surface area contributed by atoms with Gasteiger partial charge in [0.2, 0.25) is 17.7 Å². The van der Waals surface area contributed by atoms with Crippen molar-refractivity contribution in [2.75, 3.05) is 6.86 Å². The Labute approximate surface area is 217 Å². The number of alkyl halides is 3. The van der Waals surface area contributed by atoms with Crippen molar-refractivity contribution in [3.8, 4) is 0 Å². The minimum atomic E-state index is -2.09. The molecule has 0 saturated heterocycles. The van der Waals surface area contributed by atoms with Crippen molar-refractivity contribution in [2.45, 2.75) is 63.9 Å². The largest absolute Gasteiger partial charge is 0.511 e. The number of thiocarbonyl (C=S) groups is 1. The van der Waals surface area contributed by atoms with Gasteiger partial charge in [0, 0.05) is 23.3 Å². The van der Waals surface area contributed by atoms with Gasteiger partial charge in [-0.15, -0.1) is 0 Å². The monoisotopic (exact) mass is 538 g/mol. The van der Waals surface area contributed by atoms with E-state index in [9.17, 15) is 19.1 Å². The van der Waals surface area contributed by atoms with Crippen LogP contribution in [0.5, 0.6) is 0 Å². The van der Waals surface area contributed by atoms with Crippen LogP contribution < -0.4 is 0 Å². The lowest BCUT2D eigenvalue weighted by molar-refractivity contribution is -0.170. The molecule has 0 aliphatic heterocycles. The van der Waals surface area contributed by atoms with Crippen molar-refractivity contribution < 1.29 is 41.8 Å². The fourth-order valence-corrected chi connectivity index (χ4v) is 8.48. The molecule has 5 rings (SSSR count). The van der Waals surface area contributed by atoms with E-state index in [2.05, 4.69) is 0 Å². The molecule has 6 nitrogen and oxygen atoms in total. The highest BCUT2D eigenvalue weighted by atomic mass is 32.1. The molecule has 1 heterocycles. The number of halogens is 3. The predicted octanol–water partition coefficient (Wildman–Crippen LogP) is 5.93. The number of ether oxygens (including phenoxy) is 2. The second-order valence-corrected chi connectivity index (χ2v) is 11.5. The number of fused-ring (bicyclic) bond motifs is 5. The quantitative estimate of drug-likeness (QED) is 0.376. The molecule has 0 spiro atoms. The average molecular weight is 539 g/mol. The zero-order valence-corrected chi connectivity index (χ0v) is 21.6. The Kier molecular flexibility index (Phi) is 5.93. The highest BCUT2D eigenvalue weighted by Crippen LogP contribution is 2.72. The first-order chi connectivity index (χ1) is 17.4. The molecule has 3 unspecified atom stereocenters. The van der Waals surface area contributed by atoms with Gasteiger partial charge in [-0.2, -0.15) is 0 Å². The number of esters is 1. The van der Waals surface area contributed by atoms with Crippen LogP contribution in [0.1, 0.15) is 57.0 Å². The third-order valence-corrected chi connectivity index (χ3v) is 10.2. The molecular formula is C27H29F3O6S. The molecule has 37 heavy (non-hydrogen) atoms. The Morgan fingerprint density at radius 3 is 2.62 bits per heavy atom. The van der Waals surface area contributed by atoms with Crippen LogP contribution in [0.25, 0.3) is 0 Å². The summed E-state index contributed by atoms with van der Waals surface area (Å²) >= 11 is 5.50. The van der Waals surface area contributed by atoms with Crippen molar-refractivity contribution in [3.05, 3.63) is 47.6 Å². The number of carbonyl (C=O) groups is 2. The summed E-state index contributed by atoms with van der Waals surface area (Å²) in [4.78, 5) is 25.2. The normalized spacial score (nSPS) is 42.6. The number of aliphatic hydroxyl groups is 1. The molecule has 0 bridgehead atoms. The molecule has 3 fully saturated rings. The molecule has 8 atom stereocenters. The maximum absolute atomic E-state index is 17.3. The van der Waals surface area contributed by atoms with Crippen LogP contribution in [0.15, 0.2) is 46.3 Å². The first kappa shape index (κ1) is 26.0. The smallest absolute Gasteiger partial charge is 0.375 e. The third-order valence-electron chi connectivity index (χ3n) is 9.81. The first-order valence-corrected chi connectivity index (χ1v) is 12.8. The lowest BCUT2D eigenvalue weighted by Gasteiger charge is -2.61. The van der Waals surface area contributed by atoms with E-state index in [1.165, 1.54) is 25.3 Å². The maximum atomic E-state index is 17.3. The molecule has 3 saturated carbocycles. The van der Waals surface area contributed by atoms with Crippen molar-refractivity contribution in [3.63, 3.8) is 0 Å². The van der Waals surface area contributed by atoms with E-state index in [1.54, 1.807) is 13.8 Å². The summed E-state index contributed by atoms with van der Waals surface area (Å²) in [6.07, 6.45) is 1.75. The number of ketones is 1. The van der Waals surface area contributed by atoms with E-state index < -0.39 is 70.4 Å². The zero-order valence-electron chi connectivity index (χ0n) is 20.8. The topological polar surface area (TPSA) is 86.0 Å². The lowest BCUT2D eigenvalue weighted by atomic mass is 9.45. The minimum Gasteiger partial charge on any atom is -0.511 e. The van der Waals surface area contributed by atoms with Gasteiger partial charge >= 0.3 is 5.97 Å². The van der Waals surface area contributed by atoms with Gasteiger partial charge in [-0.05, 0) is 74.5 Å². The SMILES string of the molecule is CC1C[C@H]2[C@@H]3CC(F)C4=CC(=O)C=C(O)[C@]4(C)[C@]3(F)CC[C@]2(C)C1(OC(=O)c1ccco1)C(=S)OCF. The second kappa shape index (κ2) is 8.44. The number of carbonyl (C=O) groups excluding carboxylic acids is 2. The Balaban J connectivity index is 1.61. The van der Waals surface area contributed by atoms with Crippen molar-refractivity contribution in [1.29, 1.82) is 0 Å². The van der Waals surface area contributed by atoms with Gasteiger partial charge < -0.3 is 19.0 Å². The summed E-state index contributed by atoms with van der Waals surface area (Å²) in [6.45, 7) is 3.77. The third kappa shape index (κ3) is 3.20. The summed E-state index contributed by atoms with van der Waals surface area (Å²) in [6, 6.07) is 2.94. The molecule has 10 heteroatoms. The predicted molar refractivity (Wildman–Crippen MR) is 130 cm³/mol. The van der Waals surface area contributed by atoms with E-state index in [0.29, 0.717) is 6.42 Å². The van der Waals surface area contributed by atoms with Crippen LogP contribution >= 0.6 is 12.2 Å². The van der Waals surface area contributed by atoms with Gasteiger partial charge in [0.1, 0.15) is 17.6 Å². The number of hydrogen-bond acceptors (Lipinski definition) is 7. The van der Waals surface area contributed by atoms with Crippen LogP contribution in [0, 0.1) is 28.6 Å². The lowest BCUT2D eigenvalue weighted by Crippen LogP contribution is -2.66. The Morgan fingerprint density at radius 1 is 1.24 bits per heavy atom. The van der Waals surface area contributed by atoms with Crippen LogP contribution in [-0.4, -0.2) is 46.2 Å². The number of aliphatic hydroxyl groups excluding tert-OH is 1. The maximum Gasteiger partial charge on any atom is 0.375 e. The molecule has 1 aromatic heterocycles. The second-order valence-electron chi connectivity index (χ2n) is 11.1. The van der Waals surface area contributed by atoms with Gasteiger partial charge in [0.25, 0.3) is 0 Å². The van der Waals surface area contributed by atoms with Crippen LogP contribution in [0.4, 0.5) is 13.2 Å². The van der Waals surface area contributed by atoms with Crippen molar-refractivity contribution in [1.82, 2.24) is 0 Å². The number of furan rings is 1. The molecule has 0 aromatic carbocycles. The summed E-state index contributed by atoms with van der Waals surface area (Å²) in [5, 5.41) is 10.6. The highest BCUT2D eigenvalue weighted by molar-refractivity contribution is 7.80. The van der Waals surface area contributed by atoms with E-state index in [-0.39, 0.29) is 35.6 Å². The highest BCUT2D eigenvalue weighted by Gasteiger charge is 2.76. The van der Waals surface area contributed by atoms with E-state index in [0.717, 1.165) is 12.2 Å². The molecule has 0 radical (unpaired) electrons. The van der Waals surface area contributed by atoms with Gasteiger partial charge in [-0.3, -0.25) is 4.79 Å². The fraction of sp³-hybridized carbons (Fsp3) is 0.593. The zero-order chi connectivity index (χ0) is 27.0. The van der Waals surface area contributed by atoms with Gasteiger partial charge in [0.05, 0.1) is 11.7 Å². The first-order valence-electron chi connectivity index (χ1n) is 12.4. The van der Waals surface area contributed by atoms with E-state index >= 15 is 8.78 Å². The van der Waals surface area contributed by atoms with Gasteiger partial charge in [0.15, 0.2) is 11.4 Å². The Morgan fingerprint density at radius 2 is 1.97 bits per heavy atom. The standard InChI is InChI=1S/C27H29F3O6S/c1-14-9-16-17-12-19(29)18-10-15(31)11-21(32)25(18,3)26(17,30)7-6-24(16,2)27(14,23(37)35-13-28)36-22(33)20-5-4-8-34-20/h4-5,8,10-11,14,16-17,19,32H,6-7,9,12-13H2,1-3H3/t14?,16-,17-,19?,24-,25+,26-,27?/m0/s1. The van der Waals surface area contributed by atoms with Gasteiger partial charge in [-0.1, -0.05) is 13.8 Å². The van der Waals surface area contributed by atoms with Crippen molar-refractivity contribution in [2.24, 2.45) is 28.6 Å². The summed E-state index contributed by atoms with van der Waals surface area (Å²) in [5.41, 5.74) is -6.52. The number of hydrogen-bond donors (Lipinski definition) is 1. The molecule has 4 aliphatic carbocycles. The van der Waals surface area contributed by atoms with E-state index in [1.807, 2.05) is 0 Å². The van der Waals surface area contributed by atoms with Crippen LogP contribution in [0.3, 0.4) is 0 Å². The Hall–Kier alpha value is -2.62. The molecule has 1 aromatic rings. The summed E-state index contributed by atoms with van der Waals surface area (Å²) in [5.74, 6) is -3.98. The fourth-order valence-electron chi connectivity index (χ4n) is 7.96. The number of allylic oxidation sites excluding steroid dienone is 3.